The van der Waals surface area contributed by atoms with Crippen LogP contribution in [0.15, 0.2) is 12.2 Å². The van der Waals surface area contributed by atoms with Crippen LogP contribution < -0.4 is 0 Å². The van der Waals surface area contributed by atoms with Gasteiger partial charge in [-0.15, -0.1) is 8.20 Å². The van der Waals surface area contributed by atoms with Crippen molar-refractivity contribution in [2.75, 3.05) is 6.16 Å². The molecule has 0 bridgehead atoms. The van der Waals surface area contributed by atoms with E-state index in [1.165, 1.54) is 14.4 Å². The SMILES string of the molecule is CC/C=C\C=P\CC(C)(C)C. The topological polar surface area (TPSA) is 0 Å². The molecule has 0 spiro atoms. The zero-order chi connectivity index (χ0) is 8.74. The summed E-state index contributed by atoms with van der Waals surface area (Å²) in [6.45, 7) is 8.98. The first-order valence-electron chi connectivity index (χ1n) is 4.21. The predicted octanol–water partition coefficient (Wildman–Crippen LogP) is 3.75. The first kappa shape index (κ1) is 10.9. The van der Waals surface area contributed by atoms with Gasteiger partial charge in [0.2, 0.25) is 0 Å². The predicted molar refractivity (Wildman–Crippen MR) is 56.7 cm³/mol. The monoisotopic (exact) mass is 170 g/mol. The molecule has 0 N–H and O–H groups in total. The Morgan fingerprint density at radius 1 is 1.27 bits per heavy atom. The molecule has 0 unspecified atom stereocenters. The maximum absolute atomic E-state index is 2.28. The highest BCUT2D eigenvalue weighted by Gasteiger charge is 2.06. The van der Waals surface area contributed by atoms with Crippen LogP contribution in [0.1, 0.15) is 34.1 Å². The average Bonchev–Trinajstić information content (AvgIpc) is 1.85. The van der Waals surface area contributed by atoms with Crippen molar-refractivity contribution in [1.29, 1.82) is 0 Å². The summed E-state index contributed by atoms with van der Waals surface area (Å²) in [7, 11) is 1.44. The van der Waals surface area contributed by atoms with Crippen LogP contribution in [0, 0.1) is 5.41 Å². The van der Waals surface area contributed by atoms with Gasteiger partial charge in [-0.2, -0.15) is 0 Å². The maximum atomic E-state index is 2.28. The first-order valence-corrected chi connectivity index (χ1v) is 5.36. The van der Waals surface area contributed by atoms with Crippen LogP contribution in [0.25, 0.3) is 0 Å². The highest BCUT2D eigenvalue weighted by Crippen LogP contribution is 2.18. The Bertz CT molecular complexity index is 137. The summed E-state index contributed by atoms with van der Waals surface area (Å²) in [6.07, 6.45) is 6.74. The Hall–Kier alpha value is -0.0900. The minimum absolute atomic E-state index is 0.470. The summed E-state index contributed by atoms with van der Waals surface area (Å²) >= 11 is 0. The van der Waals surface area contributed by atoms with Gasteiger partial charge in [-0.05, 0) is 23.8 Å². The molecular formula is C10H19P. The molecule has 11 heavy (non-hydrogen) atoms. The molecule has 64 valence electrons. The summed E-state index contributed by atoms with van der Waals surface area (Å²) in [5.41, 5.74) is 0.470. The molecule has 0 amide bonds. The number of allylic oxidation sites excluding steroid dienone is 2. The fourth-order valence-electron chi connectivity index (χ4n) is 0.584. The van der Waals surface area contributed by atoms with E-state index in [1.54, 1.807) is 0 Å². The smallest absolute Gasteiger partial charge is 0.00575 e. The lowest BCUT2D eigenvalue weighted by molar-refractivity contribution is 0.480. The van der Waals surface area contributed by atoms with Crippen LogP contribution >= 0.6 is 8.20 Å². The van der Waals surface area contributed by atoms with Crippen molar-refractivity contribution in [3.63, 3.8) is 0 Å². The lowest BCUT2D eigenvalue weighted by atomic mass is 10.0. The molecule has 0 aliphatic heterocycles. The molecule has 0 aromatic carbocycles. The van der Waals surface area contributed by atoms with Crippen LogP contribution in [0.4, 0.5) is 0 Å². The van der Waals surface area contributed by atoms with E-state index in [2.05, 4.69) is 45.6 Å². The molecule has 0 aliphatic rings. The highest BCUT2D eigenvalue weighted by molar-refractivity contribution is 7.38. The number of hydrogen-bond donors (Lipinski definition) is 0. The van der Waals surface area contributed by atoms with E-state index in [0.717, 1.165) is 6.42 Å². The van der Waals surface area contributed by atoms with Gasteiger partial charge in [0.25, 0.3) is 0 Å². The van der Waals surface area contributed by atoms with Crippen LogP contribution in [-0.2, 0) is 0 Å². The van der Waals surface area contributed by atoms with Crippen molar-refractivity contribution in [1.82, 2.24) is 0 Å². The van der Waals surface area contributed by atoms with Crippen LogP contribution in [0.2, 0.25) is 0 Å². The van der Waals surface area contributed by atoms with E-state index in [1.807, 2.05) is 0 Å². The van der Waals surface area contributed by atoms with Gasteiger partial charge in [-0.1, -0.05) is 39.8 Å². The summed E-state index contributed by atoms with van der Waals surface area (Å²) in [5.74, 6) is 2.23. The molecule has 1 heteroatoms. The van der Waals surface area contributed by atoms with Crippen molar-refractivity contribution in [3.8, 4) is 0 Å². The minimum atomic E-state index is 0.470. The van der Waals surface area contributed by atoms with Crippen molar-refractivity contribution in [2.45, 2.75) is 34.1 Å². The maximum Gasteiger partial charge on any atom is -0.00575 e. The second-order valence-corrected chi connectivity index (χ2v) is 4.87. The third kappa shape index (κ3) is 9.91. The zero-order valence-corrected chi connectivity index (χ0v) is 8.99. The van der Waals surface area contributed by atoms with Gasteiger partial charge in [0, 0.05) is 0 Å². The highest BCUT2D eigenvalue weighted by atomic mass is 31.1. The zero-order valence-electron chi connectivity index (χ0n) is 8.09. The van der Waals surface area contributed by atoms with Crippen molar-refractivity contribution in [2.24, 2.45) is 5.41 Å². The largest absolute Gasteiger partial charge is 0.104 e. The molecular weight excluding hydrogens is 151 g/mol. The molecule has 0 aromatic rings. The van der Waals surface area contributed by atoms with Gasteiger partial charge < -0.3 is 0 Å². The van der Waals surface area contributed by atoms with E-state index in [-0.39, 0.29) is 0 Å². The Balaban J connectivity index is 3.53. The summed E-state index contributed by atoms with van der Waals surface area (Å²) in [6, 6.07) is 0. The Kier molecular flexibility index (Phi) is 5.50. The van der Waals surface area contributed by atoms with E-state index >= 15 is 0 Å². The molecule has 0 rings (SSSR count). The Labute approximate surface area is 72.5 Å². The van der Waals surface area contributed by atoms with Gasteiger partial charge in [0.1, 0.15) is 0 Å². The number of hydrogen-bond acceptors (Lipinski definition) is 0. The quantitative estimate of drug-likeness (QED) is 0.566. The third-order valence-corrected chi connectivity index (χ3v) is 2.64. The minimum Gasteiger partial charge on any atom is -0.104 e. The second-order valence-electron chi connectivity index (χ2n) is 3.89. The molecule has 0 saturated carbocycles. The molecule has 0 radical (unpaired) electrons. The average molecular weight is 170 g/mol. The normalized spacial score (nSPS) is 13.5. The van der Waals surface area contributed by atoms with Crippen molar-refractivity contribution in [3.05, 3.63) is 12.2 Å². The molecule has 0 aliphatic carbocycles. The second kappa shape index (κ2) is 5.55. The van der Waals surface area contributed by atoms with Crippen molar-refractivity contribution >= 4 is 14.0 Å². The molecule has 0 nitrogen and oxygen atoms in total. The summed E-state index contributed by atoms with van der Waals surface area (Å²) in [4.78, 5) is 0. The van der Waals surface area contributed by atoms with Crippen LogP contribution in [0.5, 0.6) is 0 Å². The molecule has 0 heterocycles. The Morgan fingerprint density at radius 3 is 2.36 bits per heavy atom. The van der Waals surface area contributed by atoms with E-state index in [0.29, 0.717) is 5.41 Å². The van der Waals surface area contributed by atoms with Gasteiger partial charge in [-0.25, -0.2) is 0 Å². The van der Waals surface area contributed by atoms with Gasteiger partial charge >= 0.3 is 0 Å². The fourth-order valence-corrected chi connectivity index (χ4v) is 1.48. The lowest BCUT2D eigenvalue weighted by Crippen LogP contribution is -2.05. The summed E-state index contributed by atoms with van der Waals surface area (Å²) in [5, 5.41) is 0. The first-order chi connectivity index (χ1) is 5.06. The standard InChI is InChI=1S/C10H19P/c1-5-6-7-8-11-9-10(2,3)4/h6-8H,5,9H2,1-4H3/b7-6-. The van der Waals surface area contributed by atoms with E-state index in [9.17, 15) is 0 Å². The fraction of sp³-hybridized carbons (Fsp3) is 0.700. The van der Waals surface area contributed by atoms with E-state index in [4.69, 9.17) is 0 Å². The van der Waals surface area contributed by atoms with Crippen LogP contribution in [0.3, 0.4) is 0 Å². The molecule has 0 aromatic heterocycles. The summed E-state index contributed by atoms with van der Waals surface area (Å²) < 4.78 is 0. The van der Waals surface area contributed by atoms with Gasteiger partial charge in [0.05, 0.1) is 0 Å². The molecule has 0 atom stereocenters. The van der Waals surface area contributed by atoms with E-state index < -0.39 is 0 Å². The van der Waals surface area contributed by atoms with Crippen molar-refractivity contribution < 1.29 is 0 Å². The Morgan fingerprint density at radius 2 is 1.91 bits per heavy atom. The van der Waals surface area contributed by atoms with Crippen LogP contribution in [-0.4, -0.2) is 12.0 Å². The molecule has 0 fully saturated rings. The third-order valence-electron chi connectivity index (χ3n) is 1.13. The number of rotatable bonds is 3. The molecule has 0 saturated heterocycles. The van der Waals surface area contributed by atoms with Gasteiger partial charge in [0.15, 0.2) is 0 Å². The lowest BCUT2D eigenvalue weighted by Gasteiger charge is -2.13. The van der Waals surface area contributed by atoms with Gasteiger partial charge in [-0.3, -0.25) is 0 Å².